The monoisotopic (exact) mass is 587 g/mol. The average Bonchev–Trinajstić information content (AvgIpc) is 3.40. The molecular formula is C31H29N3O7S. The van der Waals surface area contributed by atoms with Crippen LogP contribution in [0.2, 0.25) is 0 Å². The summed E-state index contributed by atoms with van der Waals surface area (Å²) in [7, 11) is -1.67. The van der Waals surface area contributed by atoms with Crippen LogP contribution >= 0.6 is 0 Å². The molecule has 2 aromatic heterocycles. The minimum atomic E-state index is -3.18. The lowest BCUT2D eigenvalue weighted by Crippen LogP contribution is -2.56. The normalized spacial score (nSPS) is 16.2. The summed E-state index contributed by atoms with van der Waals surface area (Å²) in [4.78, 5) is 18.9. The molecule has 2 aromatic carbocycles. The molecule has 4 heterocycles. The number of furan rings is 1. The van der Waals surface area contributed by atoms with E-state index in [1.54, 1.807) is 36.5 Å². The first-order chi connectivity index (χ1) is 20.2. The molecule has 2 aliphatic rings. The average molecular weight is 588 g/mol. The van der Waals surface area contributed by atoms with Gasteiger partial charge >= 0.3 is 0 Å². The van der Waals surface area contributed by atoms with Crippen LogP contribution in [0.3, 0.4) is 0 Å². The second kappa shape index (κ2) is 11.1. The Labute approximate surface area is 243 Å². The van der Waals surface area contributed by atoms with Gasteiger partial charge in [0.25, 0.3) is 5.91 Å². The van der Waals surface area contributed by atoms with Gasteiger partial charge in [0.15, 0.2) is 15.4 Å². The Balaban J connectivity index is 1.28. The minimum absolute atomic E-state index is 0.0175. The van der Waals surface area contributed by atoms with Crippen molar-refractivity contribution in [3.05, 3.63) is 65.9 Å². The summed E-state index contributed by atoms with van der Waals surface area (Å²) >= 11 is 0. The van der Waals surface area contributed by atoms with Gasteiger partial charge in [-0.1, -0.05) is 6.07 Å². The maximum Gasteiger partial charge on any atom is 0.254 e. The van der Waals surface area contributed by atoms with Gasteiger partial charge in [0.1, 0.15) is 34.9 Å². The molecule has 11 heteroatoms. The second-order valence-corrected chi connectivity index (χ2v) is 12.8. The zero-order chi connectivity index (χ0) is 29.4. The van der Waals surface area contributed by atoms with Crippen LogP contribution in [0.25, 0.3) is 33.6 Å². The number of aromatic nitrogens is 1. The lowest BCUT2D eigenvalue weighted by molar-refractivity contribution is 0.0254. The van der Waals surface area contributed by atoms with Gasteiger partial charge in [-0.05, 0) is 42.0 Å². The van der Waals surface area contributed by atoms with Gasteiger partial charge in [0.05, 0.1) is 36.7 Å². The van der Waals surface area contributed by atoms with Crippen LogP contribution in [0.5, 0.6) is 11.5 Å². The van der Waals surface area contributed by atoms with Crippen molar-refractivity contribution in [2.45, 2.75) is 24.2 Å². The van der Waals surface area contributed by atoms with Crippen LogP contribution in [0.15, 0.2) is 59.1 Å². The fraction of sp³-hybridized carbons (Fsp3) is 0.323. The summed E-state index contributed by atoms with van der Waals surface area (Å²) in [6.07, 6.45) is 4.46. The van der Waals surface area contributed by atoms with E-state index in [1.165, 1.54) is 18.3 Å². The smallest absolute Gasteiger partial charge is 0.254 e. The van der Waals surface area contributed by atoms with Crippen LogP contribution in [0.1, 0.15) is 28.8 Å². The molecule has 1 amide bonds. The number of benzene rings is 2. The lowest BCUT2D eigenvalue weighted by Gasteiger charge is -2.38. The summed E-state index contributed by atoms with van der Waals surface area (Å²) < 4.78 is 46.9. The van der Waals surface area contributed by atoms with Gasteiger partial charge in [-0.15, -0.1) is 0 Å². The number of likely N-dealkylation sites (tertiary alicyclic amines) is 1. The number of methoxy groups -OCH3 is 1. The highest BCUT2D eigenvalue weighted by molar-refractivity contribution is 7.91. The number of hydrogen-bond acceptors (Lipinski definition) is 9. The highest BCUT2D eigenvalue weighted by Gasteiger charge is 2.37. The van der Waals surface area contributed by atoms with Crippen molar-refractivity contribution in [2.75, 3.05) is 39.7 Å². The van der Waals surface area contributed by atoms with Gasteiger partial charge in [-0.25, -0.2) is 8.42 Å². The summed E-state index contributed by atoms with van der Waals surface area (Å²) in [5.74, 6) is 1.22. The fourth-order valence-electron chi connectivity index (χ4n) is 5.24. The van der Waals surface area contributed by atoms with Crippen molar-refractivity contribution < 1.29 is 31.8 Å². The third-order valence-electron chi connectivity index (χ3n) is 7.74. The molecule has 2 fully saturated rings. The van der Waals surface area contributed by atoms with E-state index in [9.17, 15) is 18.5 Å². The summed E-state index contributed by atoms with van der Waals surface area (Å²) in [5.41, 5.74) is 4.18. The molecule has 216 valence electrons. The predicted molar refractivity (Wildman–Crippen MR) is 155 cm³/mol. The van der Waals surface area contributed by atoms with Crippen LogP contribution in [0.4, 0.5) is 0 Å². The van der Waals surface area contributed by atoms with Gasteiger partial charge in [-0.2, -0.15) is 5.26 Å². The molecule has 0 saturated carbocycles. The maximum absolute atomic E-state index is 13.0. The molecular weight excluding hydrogens is 558 g/mol. The lowest BCUT2D eigenvalue weighted by atomic mass is 10.0. The van der Waals surface area contributed by atoms with Crippen LogP contribution in [0, 0.1) is 11.3 Å². The van der Waals surface area contributed by atoms with E-state index >= 15 is 0 Å². The van der Waals surface area contributed by atoms with Gasteiger partial charge < -0.3 is 23.5 Å². The Morgan fingerprint density at radius 2 is 1.83 bits per heavy atom. The SMILES string of the molecule is COc1cc(C(=O)N2CC(S(C)(=O)=O)C2)ccc1-c1cc2nccc(-c3ccc(OC4CCOCC4)c(C#N)c3)c2o1. The molecule has 0 N–H and O–H groups in total. The molecule has 2 saturated heterocycles. The Morgan fingerprint density at radius 1 is 1.05 bits per heavy atom. The van der Waals surface area contributed by atoms with Crippen molar-refractivity contribution in [2.24, 2.45) is 0 Å². The Morgan fingerprint density at radius 3 is 2.55 bits per heavy atom. The van der Waals surface area contributed by atoms with Crippen molar-refractivity contribution in [1.29, 1.82) is 5.26 Å². The fourth-order valence-corrected chi connectivity index (χ4v) is 6.15. The predicted octanol–water partition coefficient (Wildman–Crippen LogP) is 4.47. The van der Waals surface area contributed by atoms with E-state index in [1.807, 2.05) is 18.2 Å². The highest BCUT2D eigenvalue weighted by Crippen LogP contribution is 2.39. The van der Waals surface area contributed by atoms with Crippen molar-refractivity contribution in [1.82, 2.24) is 9.88 Å². The van der Waals surface area contributed by atoms with Crippen LogP contribution in [-0.2, 0) is 14.6 Å². The zero-order valence-corrected chi connectivity index (χ0v) is 24.0. The van der Waals surface area contributed by atoms with E-state index in [2.05, 4.69) is 11.1 Å². The molecule has 4 aromatic rings. The number of hydrogen-bond donors (Lipinski definition) is 0. The topological polar surface area (TPSA) is 132 Å². The number of carbonyl (C=O) groups is 1. The van der Waals surface area contributed by atoms with E-state index in [4.69, 9.17) is 18.6 Å². The van der Waals surface area contributed by atoms with Gasteiger partial charge in [0, 0.05) is 55.6 Å². The molecule has 0 bridgehead atoms. The molecule has 2 aliphatic heterocycles. The third-order valence-corrected chi connectivity index (χ3v) is 9.25. The number of fused-ring (bicyclic) bond motifs is 1. The largest absolute Gasteiger partial charge is 0.496 e. The number of nitrogens with zero attached hydrogens (tertiary/aromatic N) is 3. The molecule has 0 spiro atoms. The van der Waals surface area contributed by atoms with E-state index < -0.39 is 15.1 Å². The molecule has 6 rings (SSSR count). The summed E-state index contributed by atoms with van der Waals surface area (Å²) in [5, 5.41) is 9.32. The van der Waals surface area contributed by atoms with Gasteiger partial charge in [0.2, 0.25) is 0 Å². The van der Waals surface area contributed by atoms with Crippen molar-refractivity contribution in [3.8, 4) is 40.0 Å². The molecule has 42 heavy (non-hydrogen) atoms. The Kier molecular flexibility index (Phi) is 7.35. The highest BCUT2D eigenvalue weighted by atomic mass is 32.2. The number of ether oxygens (including phenoxy) is 3. The summed E-state index contributed by atoms with van der Waals surface area (Å²) in [6.45, 7) is 1.65. The first-order valence-electron chi connectivity index (χ1n) is 13.6. The van der Waals surface area contributed by atoms with Crippen molar-refractivity contribution >= 4 is 26.8 Å². The molecule has 0 aliphatic carbocycles. The Hall–Kier alpha value is -4.40. The minimum Gasteiger partial charge on any atom is -0.496 e. The van der Waals surface area contributed by atoms with Crippen molar-refractivity contribution in [3.63, 3.8) is 0 Å². The summed E-state index contributed by atoms with van der Waals surface area (Å²) in [6, 6.07) is 16.4. The molecule has 0 atom stereocenters. The van der Waals surface area contributed by atoms with Crippen LogP contribution < -0.4 is 9.47 Å². The molecule has 0 radical (unpaired) electrons. The third kappa shape index (κ3) is 5.31. The molecule has 10 nitrogen and oxygen atoms in total. The second-order valence-electron chi connectivity index (χ2n) is 10.5. The number of pyridine rings is 1. The number of rotatable bonds is 7. The maximum atomic E-state index is 13.0. The van der Waals surface area contributed by atoms with E-state index in [-0.39, 0.29) is 25.1 Å². The number of amides is 1. The number of carbonyl (C=O) groups excluding carboxylic acids is 1. The molecule has 0 unspecified atom stereocenters. The number of sulfone groups is 1. The first kappa shape index (κ1) is 27.8. The van der Waals surface area contributed by atoms with E-state index in [0.717, 1.165) is 24.0 Å². The number of nitriles is 1. The van der Waals surface area contributed by atoms with E-state index in [0.29, 0.717) is 58.3 Å². The first-order valence-corrected chi connectivity index (χ1v) is 15.5. The quantitative estimate of drug-likeness (QED) is 0.307. The standard InChI is InChI=1S/C31H29N3O7S/c1-38-28-14-20(31(35)34-17-23(18-34)42(2,36)37)3-5-25(28)29-15-26-30(41-29)24(7-10-33-26)19-4-6-27(21(13-19)16-32)40-22-8-11-39-12-9-22/h3-7,10,13-15,22-23H,8-9,11-12,17-18H2,1-2H3. The Bertz CT molecular complexity index is 1810. The zero-order valence-electron chi connectivity index (χ0n) is 23.2. The van der Waals surface area contributed by atoms with Crippen LogP contribution in [-0.4, -0.2) is 75.2 Å². The van der Waals surface area contributed by atoms with Gasteiger partial charge in [-0.3, -0.25) is 9.78 Å².